The van der Waals surface area contributed by atoms with Crippen molar-refractivity contribution in [3.05, 3.63) is 135 Å². The SMILES string of the molecule is CC[C@@]1(O)C(=O)OCc2c1cc1n(c2=O)Cc2cc3cccc(/C(Cc4ccccc4)=N/OCc4ccccc4)c3nc2-1. The number of benzene rings is 3. The van der Waals surface area contributed by atoms with Crippen LogP contribution in [-0.2, 0) is 46.1 Å². The first-order chi connectivity index (χ1) is 21.0. The molecule has 3 aromatic carbocycles. The molecule has 43 heavy (non-hydrogen) atoms. The molecule has 2 aliphatic rings. The predicted octanol–water partition coefficient (Wildman–Crippen LogP) is 5.24. The Balaban J connectivity index is 1.35. The molecule has 7 rings (SSSR count). The van der Waals surface area contributed by atoms with Gasteiger partial charge in [0.15, 0.2) is 5.60 Å². The summed E-state index contributed by atoms with van der Waals surface area (Å²) in [6.45, 7) is 2.21. The molecule has 8 nitrogen and oxygen atoms in total. The van der Waals surface area contributed by atoms with Gasteiger partial charge in [-0.1, -0.05) is 90.9 Å². The first-order valence-electron chi connectivity index (χ1n) is 14.3. The van der Waals surface area contributed by atoms with Crippen LogP contribution in [0.5, 0.6) is 0 Å². The highest BCUT2D eigenvalue weighted by Gasteiger charge is 2.45. The lowest BCUT2D eigenvalue weighted by Crippen LogP contribution is -2.44. The molecule has 214 valence electrons. The highest BCUT2D eigenvalue weighted by atomic mass is 16.6. The van der Waals surface area contributed by atoms with Gasteiger partial charge in [-0.25, -0.2) is 9.78 Å². The number of hydrogen-bond donors (Lipinski definition) is 1. The lowest BCUT2D eigenvalue weighted by Gasteiger charge is -2.31. The van der Waals surface area contributed by atoms with Crippen LogP contribution in [0.15, 0.2) is 101 Å². The quantitative estimate of drug-likeness (QED) is 0.160. The van der Waals surface area contributed by atoms with Gasteiger partial charge in [0.1, 0.15) is 13.2 Å². The van der Waals surface area contributed by atoms with E-state index in [1.54, 1.807) is 17.6 Å². The van der Waals surface area contributed by atoms with E-state index < -0.39 is 11.6 Å². The van der Waals surface area contributed by atoms with Crippen LogP contribution in [0.3, 0.4) is 0 Å². The average molecular weight is 572 g/mol. The van der Waals surface area contributed by atoms with E-state index in [2.05, 4.69) is 17.3 Å². The molecule has 0 saturated carbocycles. The van der Waals surface area contributed by atoms with Gasteiger partial charge in [0, 0.05) is 28.5 Å². The topological polar surface area (TPSA) is 103 Å². The van der Waals surface area contributed by atoms with Crippen LogP contribution in [0.2, 0.25) is 0 Å². The van der Waals surface area contributed by atoms with Gasteiger partial charge in [-0.3, -0.25) is 4.79 Å². The smallest absolute Gasteiger partial charge is 0.343 e. The van der Waals surface area contributed by atoms with E-state index in [-0.39, 0.29) is 18.6 Å². The number of esters is 1. The van der Waals surface area contributed by atoms with Crippen molar-refractivity contribution in [3.8, 4) is 11.4 Å². The Morgan fingerprint density at radius 3 is 2.49 bits per heavy atom. The van der Waals surface area contributed by atoms with Gasteiger partial charge in [0.2, 0.25) is 0 Å². The first kappa shape index (κ1) is 26.8. The maximum atomic E-state index is 13.6. The molecule has 0 radical (unpaired) electrons. The van der Waals surface area contributed by atoms with Gasteiger partial charge in [0.25, 0.3) is 5.56 Å². The van der Waals surface area contributed by atoms with Gasteiger partial charge in [0.05, 0.1) is 34.7 Å². The number of cyclic esters (lactones) is 1. The molecule has 2 aliphatic heterocycles. The molecule has 2 aromatic heterocycles. The van der Waals surface area contributed by atoms with Gasteiger partial charge in [-0.15, -0.1) is 0 Å². The summed E-state index contributed by atoms with van der Waals surface area (Å²) in [6.07, 6.45) is 0.620. The van der Waals surface area contributed by atoms with Crippen LogP contribution in [-0.4, -0.2) is 26.3 Å². The van der Waals surface area contributed by atoms with Crippen molar-refractivity contribution in [1.82, 2.24) is 9.55 Å². The number of fused-ring (bicyclic) bond motifs is 5. The summed E-state index contributed by atoms with van der Waals surface area (Å²) in [5.74, 6) is -0.740. The third-order valence-corrected chi connectivity index (χ3v) is 8.31. The van der Waals surface area contributed by atoms with Crippen LogP contribution in [0.25, 0.3) is 22.3 Å². The number of aliphatic hydroxyl groups is 1. The minimum atomic E-state index is -1.88. The average Bonchev–Trinajstić information content (AvgIpc) is 3.40. The number of aromatic nitrogens is 2. The van der Waals surface area contributed by atoms with Crippen LogP contribution >= 0.6 is 0 Å². The summed E-state index contributed by atoms with van der Waals surface area (Å²) in [4.78, 5) is 37.1. The molecule has 0 aliphatic carbocycles. The number of rotatable bonds is 7. The zero-order valence-corrected chi connectivity index (χ0v) is 23.6. The molecule has 8 heteroatoms. The second kappa shape index (κ2) is 10.6. The van der Waals surface area contributed by atoms with E-state index in [0.29, 0.717) is 42.1 Å². The summed E-state index contributed by atoms with van der Waals surface area (Å²) >= 11 is 0. The molecular weight excluding hydrogens is 542 g/mol. The molecule has 0 amide bonds. The van der Waals surface area contributed by atoms with E-state index >= 15 is 0 Å². The second-order valence-electron chi connectivity index (χ2n) is 10.9. The lowest BCUT2D eigenvalue weighted by molar-refractivity contribution is -0.172. The van der Waals surface area contributed by atoms with E-state index in [0.717, 1.165) is 38.9 Å². The third-order valence-electron chi connectivity index (χ3n) is 8.31. The van der Waals surface area contributed by atoms with Gasteiger partial charge in [-0.2, -0.15) is 0 Å². The number of pyridine rings is 2. The van der Waals surface area contributed by atoms with E-state index in [9.17, 15) is 14.7 Å². The van der Waals surface area contributed by atoms with Crippen molar-refractivity contribution >= 4 is 22.6 Å². The summed E-state index contributed by atoms with van der Waals surface area (Å²) in [6, 6.07) is 29.7. The molecule has 0 unspecified atom stereocenters. The number of carbonyl (C=O) groups excluding carboxylic acids is 1. The molecule has 0 spiro atoms. The van der Waals surface area contributed by atoms with Gasteiger partial charge in [-0.05, 0) is 29.7 Å². The van der Waals surface area contributed by atoms with Crippen molar-refractivity contribution < 1.29 is 19.5 Å². The maximum absolute atomic E-state index is 13.6. The number of ether oxygens (including phenoxy) is 1. The molecule has 4 heterocycles. The van der Waals surface area contributed by atoms with Crippen LogP contribution in [0.4, 0.5) is 0 Å². The Labute approximate surface area is 247 Å². The largest absolute Gasteiger partial charge is 0.458 e. The number of hydrogen-bond acceptors (Lipinski definition) is 7. The normalized spacial score (nSPS) is 17.3. The molecule has 1 N–H and O–H groups in total. The minimum Gasteiger partial charge on any atom is -0.458 e. The van der Waals surface area contributed by atoms with E-state index in [4.69, 9.17) is 14.6 Å². The Kier molecular flexibility index (Phi) is 6.63. The summed E-state index contributed by atoms with van der Waals surface area (Å²) in [5, 5.41) is 16.8. The third kappa shape index (κ3) is 4.60. The fourth-order valence-corrected chi connectivity index (χ4v) is 5.97. The fourth-order valence-electron chi connectivity index (χ4n) is 5.97. The highest BCUT2D eigenvalue weighted by molar-refractivity contribution is 6.10. The summed E-state index contributed by atoms with van der Waals surface area (Å²) in [5.41, 5.74) is 4.91. The summed E-state index contributed by atoms with van der Waals surface area (Å²) in [7, 11) is 0. The standard InChI is InChI=1S/C35H29N3O5/c1-2-35(41)28-18-30-32-25(19-38(30)33(39)27(28)21-42-34(35)40)17-24-14-9-15-26(31(24)36-32)29(16-22-10-5-3-6-11-22)37-43-20-23-12-7-4-8-13-23/h3-15,17-18,41H,2,16,19-21H2,1H3/b37-29+/t35-/m0/s1. The van der Waals surface area contributed by atoms with Crippen molar-refractivity contribution in [2.45, 2.75) is 45.1 Å². The summed E-state index contributed by atoms with van der Waals surface area (Å²) < 4.78 is 6.85. The van der Waals surface area contributed by atoms with E-state index in [1.165, 1.54) is 0 Å². The van der Waals surface area contributed by atoms with Gasteiger partial charge < -0.3 is 19.2 Å². The second-order valence-corrected chi connectivity index (χ2v) is 10.9. The van der Waals surface area contributed by atoms with Gasteiger partial charge >= 0.3 is 5.97 Å². The number of nitrogens with zero attached hydrogens (tertiary/aromatic N) is 3. The van der Waals surface area contributed by atoms with Crippen LogP contribution < -0.4 is 5.56 Å². The zero-order valence-electron chi connectivity index (χ0n) is 23.6. The maximum Gasteiger partial charge on any atom is 0.343 e. The molecule has 0 fully saturated rings. The molecule has 0 bridgehead atoms. The van der Waals surface area contributed by atoms with Crippen LogP contribution in [0.1, 0.15) is 46.7 Å². The van der Waals surface area contributed by atoms with Crippen LogP contribution in [0, 0.1) is 0 Å². The number of carbonyl (C=O) groups is 1. The Morgan fingerprint density at radius 1 is 1.00 bits per heavy atom. The fraction of sp³-hybridized carbons (Fsp3) is 0.200. The first-order valence-corrected chi connectivity index (χ1v) is 14.3. The lowest BCUT2D eigenvalue weighted by atomic mass is 9.86. The highest BCUT2D eigenvalue weighted by Crippen LogP contribution is 2.39. The minimum absolute atomic E-state index is 0.0895. The Hall–Kier alpha value is -5.08. The molecule has 1 atom stereocenters. The predicted molar refractivity (Wildman–Crippen MR) is 162 cm³/mol. The Morgan fingerprint density at radius 2 is 1.74 bits per heavy atom. The van der Waals surface area contributed by atoms with Crippen molar-refractivity contribution in [1.29, 1.82) is 0 Å². The number of oxime groups is 1. The van der Waals surface area contributed by atoms with Crippen molar-refractivity contribution in [2.24, 2.45) is 5.16 Å². The molecule has 5 aromatic rings. The Bertz CT molecular complexity index is 1970. The monoisotopic (exact) mass is 571 g/mol. The zero-order chi connectivity index (χ0) is 29.6. The molecule has 0 saturated heterocycles. The number of para-hydroxylation sites is 1. The van der Waals surface area contributed by atoms with Crippen molar-refractivity contribution in [2.75, 3.05) is 0 Å². The van der Waals surface area contributed by atoms with Crippen molar-refractivity contribution in [3.63, 3.8) is 0 Å². The molecular formula is C35H29N3O5. The van der Waals surface area contributed by atoms with E-state index in [1.807, 2.05) is 72.8 Å².